The van der Waals surface area contributed by atoms with E-state index in [9.17, 15) is 15.0 Å². The Bertz CT molecular complexity index is 513. The summed E-state index contributed by atoms with van der Waals surface area (Å²) in [7, 11) is 0. The van der Waals surface area contributed by atoms with Gasteiger partial charge in [-0.25, -0.2) is 0 Å². The van der Waals surface area contributed by atoms with E-state index in [1.807, 2.05) is 4.90 Å². The lowest BCUT2D eigenvalue weighted by atomic mass is 9.95. The lowest BCUT2D eigenvalue weighted by Crippen LogP contribution is -2.55. The number of rotatable bonds is 4. The number of aliphatic hydroxyl groups excluding tert-OH is 2. The van der Waals surface area contributed by atoms with Gasteiger partial charge >= 0.3 is 0 Å². The highest BCUT2D eigenvalue weighted by atomic mass is 35.5. The van der Waals surface area contributed by atoms with E-state index >= 15 is 0 Å². The van der Waals surface area contributed by atoms with E-state index in [1.54, 1.807) is 11.1 Å². The van der Waals surface area contributed by atoms with Crippen molar-refractivity contribution in [2.75, 3.05) is 13.2 Å². The Morgan fingerprint density at radius 3 is 2.46 bits per heavy atom. The van der Waals surface area contributed by atoms with Crippen LogP contribution in [0.5, 0.6) is 0 Å². The third-order valence-electron chi connectivity index (χ3n) is 5.24. The van der Waals surface area contributed by atoms with Crippen molar-refractivity contribution in [2.45, 2.75) is 55.8 Å². The third-order valence-corrected chi connectivity index (χ3v) is 5.24. The fourth-order valence-corrected chi connectivity index (χ4v) is 3.82. The van der Waals surface area contributed by atoms with Crippen LogP contribution in [0.3, 0.4) is 0 Å². The van der Waals surface area contributed by atoms with Gasteiger partial charge in [-0.1, -0.05) is 12.8 Å². The van der Waals surface area contributed by atoms with Crippen LogP contribution in [0.25, 0.3) is 0 Å². The molecule has 0 bridgehead atoms. The molecule has 9 nitrogen and oxygen atoms in total. The van der Waals surface area contributed by atoms with Gasteiger partial charge in [-0.2, -0.15) is 0 Å². The van der Waals surface area contributed by atoms with Crippen LogP contribution < -0.4 is 17.2 Å². The van der Waals surface area contributed by atoms with Crippen molar-refractivity contribution in [2.24, 2.45) is 17.2 Å². The minimum absolute atomic E-state index is 0. The van der Waals surface area contributed by atoms with E-state index < -0.39 is 30.1 Å². The molecule has 0 aromatic carbocycles. The molecule has 2 heterocycles. The molecule has 0 aromatic heterocycles. The van der Waals surface area contributed by atoms with Crippen LogP contribution in [0.2, 0.25) is 0 Å². The third kappa shape index (κ3) is 2.80. The Morgan fingerprint density at radius 2 is 1.96 bits per heavy atom. The minimum atomic E-state index is -1.12. The number of carbonyl (C=O) groups is 1. The van der Waals surface area contributed by atoms with Gasteiger partial charge in [-0.15, -0.1) is 12.4 Å². The maximum absolute atomic E-state index is 12.0. The standard InChI is InChI=1S/C14H25N5O4.ClH/c15-5-8-10(20)11(21)12(23-8)19-7-18(6-9(19)16)14(13(17)22)3-1-2-4-14;/h6,8,10-12,20-21H,1-5,7,15-16H2,(H2,17,22);1H/t8-,10-,11-,12-;/m1./s1. The molecule has 0 aromatic rings. The maximum atomic E-state index is 12.0. The van der Waals surface area contributed by atoms with E-state index in [0.717, 1.165) is 12.8 Å². The zero-order chi connectivity index (χ0) is 16.8. The highest BCUT2D eigenvalue weighted by Gasteiger charge is 2.50. The smallest absolute Gasteiger partial charge is 0.243 e. The molecule has 1 saturated heterocycles. The van der Waals surface area contributed by atoms with Gasteiger partial charge in [0.25, 0.3) is 0 Å². The van der Waals surface area contributed by atoms with Crippen LogP contribution in [0.1, 0.15) is 25.7 Å². The second kappa shape index (κ2) is 6.93. The first-order valence-corrected chi connectivity index (χ1v) is 7.93. The van der Waals surface area contributed by atoms with Crippen molar-refractivity contribution in [3.8, 4) is 0 Å². The van der Waals surface area contributed by atoms with Gasteiger partial charge < -0.3 is 42.0 Å². The second-order valence-electron chi connectivity index (χ2n) is 6.52. The zero-order valence-electron chi connectivity index (χ0n) is 13.4. The average molecular weight is 364 g/mol. The molecule has 0 radical (unpaired) electrons. The molecule has 0 unspecified atom stereocenters. The number of hydrogen-bond acceptors (Lipinski definition) is 8. The van der Waals surface area contributed by atoms with Crippen LogP contribution in [0.15, 0.2) is 12.0 Å². The number of hydrogen-bond donors (Lipinski definition) is 5. The first-order chi connectivity index (χ1) is 10.9. The Morgan fingerprint density at radius 1 is 1.33 bits per heavy atom. The van der Waals surface area contributed by atoms with Gasteiger partial charge in [0.05, 0.1) is 6.67 Å². The summed E-state index contributed by atoms with van der Waals surface area (Å²) in [5, 5.41) is 20.2. The SMILES string of the molecule is Cl.NC[C@H]1O[C@@H](N2CN(C3(C(N)=O)CCCC3)C=C2N)[C@H](O)[C@@H]1O. The number of nitrogens with two attached hydrogens (primary N) is 3. The molecule has 24 heavy (non-hydrogen) atoms. The topological polar surface area (TPSA) is 151 Å². The molecule has 1 saturated carbocycles. The summed E-state index contributed by atoms with van der Waals surface area (Å²) in [6.07, 6.45) is 1.28. The second-order valence-corrected chi connectivity index (χ2v) is 6.52. The number of primary amides is 1. The van der Waals surface area contributed by atoms with E-state index in [4.69, 9.17) is 21.9 Å². The van der Waals surface area contributed by atoms with E-state index in [0.29, 0.717) is 18.7 Å². The molecule has 1 amide bonds. The van der Waals surface area contributed by atoms with Crippen molar-refractivity contribution in [3.63, 3.8) is 0 Å². The highest BCUT2D eigenvalue weighted by molar-refractivity contribution is 5.85. The summed E-state index contributed by atoms with van der Waals surface area (Å²) >= 11 is 0. The predicted octanol–water partition coefficient (Wildman–Crippen LogP) is -2.06. The van der Waals surface area contributed by atoms with Crippen molar-refractivity contribution in [1.82, 2.24) is 9.80 Å². The molecular weight excluding hydrogens is 338 g/mol. The Kier molecular flexibility index (Phi) is 5.50. The van der Waals surface area contributed by atoms with Gasteiger partial charge in [0.2, 0.25) is 5.91 Å². The van der Waals surface area contributed by atoms with Gasteiger partial charge in [-0.3, -0.25) is 4.79 Å². The van der Waals surface area contributed by atoms with Crippen LogP contribution >= 0.6 is 12.4 Å². The summed E-state index contributed by atoms with van der Waals surface area (Å²) in [6.45, 7) is 0.377. The van der Waals surface area contributed by atoms with Gasteiger partial charge in [0, 0.05) is 12.7 Å². The van der Waals surface area contributed by atoms with E-state index in [-0.39, 0.29) is 31.5 Å². The van der Waals surface area contributed by atoms with Gasteiger partial charge in [-0.05, 0) is 12.8 Å². The highest BCUT2D eigenvalue weighted by Crippen LogP contribution is 2.39. The number of aliphatic hydroxyl groups is 2. The van der Waals surface area contributed by atoms with Crippen LogP contribution in [-0.4, -0.2) is 69.2 Å². The number of amides is 1. The average Bonchev–Trinajstić information content (AvgIpc) is 3.20. The molecule has 8 N–H and O–H groups in total. The Balaban J connectivity index is 0.00000208. The molecule has 0 spiro atoms. The molecule has 1 aliphatic carbocycles. The van der Waals surface area contributed by atoms with Crippen LogP contribution in [0, 0.1) is 0 Å². The summed E-state index contributed by atoms with van der Waals surface area (Å²) in [6, 6.07) is 0. The fraction of sp³-hybridized carbons (Fsp3) is 0.786. The Hall–Kier alpha value is -1.26. The van der Waals surface area contributed by atoms with Crippen molar-refractivity contribution in [3.05, 3.63) is 12.0 Å². The van der Waals surface area contributed by atoms with E-state index in [2.05, 4.69) is 0 Å². The van der Waals surface area contributed by atoms with Gasteiger partial charge in [0.15, 0.2) is 6.23 Å². The summed E-state index contributed by atoms with van der Waals surface area (Å²) in [5.74, 6) is 0.0000969. The first kappa shape index (κ1) is 19.1. The lowest BCUT2D eigenvalue weighted by molar-refractivity contribution is -0.130. The monoisotopic (exact) mass is 363 g/mol. The molecule has 4 atom stereocenters. The van der Waals surface area contributed by atoms with E-state index in [1.165, 1.54) is 0 Å². The summed E-state index contributed by atoms with van der Waals surface area (Å²) in [4.78, 5) is 15.5. The number of halogens is 1. The zero-order valence-corrected chi connectivity index (χ0v) is 14.2. The fourth-order valence-electron chi connectivity index (χ4n) is 3.82. The number of carbonyl (C=O) groups excluding carboxylic acids is 1. The largest absolute Gasteiger partial charge is 0.387 e. The van der Waals surface area contributed by atoms with Crippen LogP contribution in [-0.2, 0) is 9.53 Å². The molecule has 138 valence electrons. The number of nitrogens with zero attached hydrogens (tertiary/aromatic N) is 2. The maximum Gasteiger partial charge on any atom is 0.243 e. The number of ether oxygens (including phenoxy) is 1. The normalized spacial score (nSPS) is 35.0. The summed E-state index contributed by atoms with van der Waals surface area (Å²) < 4.78 is 5.63. The molecular formula is C14H26ClN5O4. The molecule has 2 fully saturated rings. The quantitative estimate of drug-likeness (QED) is 0.382. The molecule has 2 aliphatic heterocycles. The Labute approximate surface area is 146 Å². The van der Waals surface area contributed by atoms with Crippen LogP contribution in [0.4, 0.5) is 0 Å². The summed E-state index contributed by atoms with van der Waals surface area (Å²) in [5.41, 5.74) is 16.5. The van der Waals surface area contributed by atoms with Gasteiger partial charge in [0.1, 0.15) is 29.7 Å². The van der Waals surface area contributed by atoms with Crippen molar-refractivity contribution in [1.29, 1.82) is 0 Å². The first-order valence-electron chi connectivity index (χ1n) is 7.93. The lowest BCUT2D eigenvalue weighted by Gasteiger charge is -2.38. The molecule has 10 heteroatoms. The predicted molar refractivity (Wildman–Crippen MR) is 88.2 cm³/mol. The minimum Gasteiger partial charge on any atom is -0.387 e. The molecule has 3 rings (SSSR count). The van der Waals surface area contributed by atoms with Crippen molar-refractivity contribution >= 4 is 18.3 Å². The molecule has 3 aliphatic rings. The van der Waals surface area contributed by atoms with Crippen molar-refractivity contribution < 1.29 is 19.7 Å².